The van der Waals surface area contributed by atoms with E-state index in [2.05, 4.69) is 41.5 Å². The van der Waals surface area contributed by atoms with Gasteiger partial charge in [0.1, 0.15) is 0 Å². The molecule has 4 nitrogen and oxygen atoms in total. The minimum Gasteiger partial charge on any atom is -0.347 e. The van der Waals surface area contributed by atoms with Crippen LogP contribution in [-0.4, -0.2) is 16.9 Å². The number of pyridine rings is 1. The molecule has 3 atom stereocenters. The summed E-state index contributed by atoms with van der Waals surface area (Å²) in [6.07, 6.45) is 8.03. The molecule has 2 bridgehead atoms. The zero-order valence-corrected chi connectivity index (χ0v) is 19.1. The van der Waals surface area contributed by atoms with Crippen molar-refractivity contribution in [2.45, 2.75) is 57.5 Å². The molecule has 2 aliphatic carbocycles. The maximum absolute atomic E-state index is 13.2. The number of fused-ring (bicyclic) bond motifs is 2. The molecule has 2 aromatic rings. The lowest BCUT2D eigenvalue weighted by Gasteiger charge is -2.43. The summed E-state index contributed by atoms with van der Waals surface area (Å²) in [6, 6.07) is 14.6. The van der Waals surface area contributed by atoms with Gasteiger partial charge in [-0.05, 0) is 68.6 Å². The van der Waals surface area contributed by atoms with Crippen molar-refractivity contribution in [3.8, 4) is 0 Å². The molecule has 0 saturated heterocycles. The van der Waals surface area contributed by atoms with Gasteiger partial charge in [0.05, 0.1) is 11.7 Å². The summed E-state index contributed by atoms with van der Waals surface area (Å²) < 4.78 is 0. The van der Waals surface area contributed by atoms with Crippen LogP contribution in [0.5, 0.6) is 0 Å². The molecule has 0 spiro atoms. The number of halogens is 2. The first-order valence-electron chi connectivity index (χ1n) is 10.6. The van der Waals surface area contributed by atoms with E-state index in [1.807, 2.05) is 18.2 Å². The van der Waals surface area contributed by atoms with Crippen LogP contribution >= 0.6 is 24.8 Å². The van der Waals surface area contributed by atoms with Crippen molar-refractivity contribution in [2.75, 3.05) is 0 Å². The van der Waals surface area contributed by atoms with Gasteiger partial charge in [-0.1, -0.05) is 42.3 Å². The van der Waals surface area contributed by atoms with Crippen molar-refractivity contribution in [3.63, 3.8) is 0 Å². The smallest absolute Gasteiger partial charge is 0.223 e. The van der Waals surface area contributed by atoms with Gasteiger partial charge in [0.25, 0.3) is 0 Å². The number of amides is 1. The quantitative estimate of drug-likeness (QED) is 0.689. The first-order valence-corrected chi connectivity index (χ1v) is 10.6. The topological polar surface area (TPSA) is 68.0 Å². The summed E-state index contributed by atoms with van der Waals surface area (Å²) in [4.78, 5) is 17.7. The fraction of sp³-hybridized carbons (Fsp3) is 0.500. The van der Waals surface area contributed by atoms with E-state index in [1.165, 1.54) is 30.4 Å². The van der Waals surface area contributed by atoms with Gasteiger partial charge >= 0.3 is 0 Å². The molecule has 1 aromatic heterocycles. The lowest BCUT2D eigenvalue weighted by molar-refractivity contribution is -0.128. The molecule has 3 N–H and O–H groups in total. The Labute approximate surface area is 192 Å². The van der Waals surface area contributed by atoms with Crippen LogP contribution in [0.4, 0.5) is 0 Å². The molecule has 30 heavy (non-hydrogen) atoms. The number of carbonyl (C=O) groups excluding carboxylic acids is 1. The molecule has 4 rings (SSSR count). The third kappa shape index (κ3) is 5.75. The van der Waals surface area contributed by atoms with Gasteiger partial charge in [0.2, 0.25) is 5.91 Å². The van der Waals surface area contributed by atoms with E-state index in [4.69, 9.17) is 5.73 Å². The van der Waals surface area contributed by atoms with Crippen LogP contribution in [0.25, 0.3) is 0 Å². The van der Waals surface area contributed by atoms with Gasteiger partial charge in [-0.2, -0.15) is 0 Å². The molecule has 0 radical (unpaired) electrons. The van der Waals surface area contributed by atoms with Crippen LogP contribution < -0.4 is 11.1 Å². The number of hydrogen-bond donors (Lipinski definition) is 2. The predicted octanol–water partition coefficient (Wildman–Crippen LogP) is 4.79. The number of aromatic nitrogens is 1. The molecule has 2 saturated carbocycles. The average molecular weight is 450 g/mol. The fourth-order valence-corrected chi connectivity index (χ4v) is 5.06. The molecular weight excluding hydrogens is 417 g/mol. The van der Waals surface area contributed by atoms with Crippen molar-refractivity contribution in [1.82, 2.24) is 10.3 Å². The zero-order valence-electron chi connectivity index (χ0n) is 17.5. The number of nitrogens with two attached hydrogens (primary N) is 1. The van der Waals surface area contributed by atoms with Crippen LogP contribution in [0, 0.1) is 24.7 Å². The van der Waals surface area contributed by atoms with E-state index in [9.17, 15) is 4.79 Å². The normalized spacial score (nSPS) is 25.9. The van der Waals surface area contributed by atoms with Crippen molar-refractivity contribution < 1.29 is 4.79 Å². The maximum atomic E-state index is 13.2. The second-order valence-corrected chi connectivity index (χ2v) is 8.70. The Balaban J connectivity index is 0.00000160. The minimum absolute atomic E-state index is 0. The maximum Gasteiger partial charge on any atom is 0.223 e. The summed E-state index contributed by atoms with van der Waals surface area (Å²) >= 11 is 0. The Morgan fingerprint density at radius 3 is 2.37 bits per heavy atom. The standard InChI is InChI=1S/C24H31N3O.2ClH/c1-16-8-10-17(11-9-16)13-22(21-7-2-3-12-26-21)27-24(28)20-14-18-5-4-6-19(15-20)23(18)25;;/h2-3,7-12,18-20,22-23H,4-6,13-15,25H2,1H3,(H,27,28);2*1H. The lowest BCUT2D eigenvalue weighted by Crippen LogP contribution is -2.49. The first kappa shape index (κ1) is 24.6. The Morgan fingerprint density at radius 2 is 1.77 bits per heavy atom. The third-order valence-corrected chi connectivity index (χ3v) is 6.71. The molecule has 0 aliphatic heterocycles. The van der Waals surface area contributed by atoms with Crippen molar-refractivity contribution in [1.29, 1.82) is 0 Å². The molecule has 2 aliphatic rings. The second kappa shape index (κ2) is 11.1. The fourth-order valence-electron chi connectivity index (χ4n) is 5.06. The van der Waals surface area contributed by atoms with Crippen LogP contribution in [0.3, 0.4) is 0 Å². The Kier molecular flexibility index (Phi) is 9.14. The van der Waals surface area contributed by atoms with E-state index in [0.717, 1.165) is 25.0 Å². The average Bonchev–Trinajstić information content (AvgIpc) is 2.69. The number of benzene rings is 1. The minimum atomic E-state index is -0.105. The highest BCUT2D eigenvalue weighted by atomic mass is 35.5. The highest BCUT2D eigenvalue weighted by Crippen LogP contribution is 2.42. The van der Waals surface area contributed by atoms with E-state index >= 15 is 0 Å². The summed E-state index contributed by atoms with van der Waals surface area (Å²) in [5.41, 5.74) is 9.79. The molecule has 3 unspecified atom stereocenters. The van der Waals surface area contributed by atoms with Gasteiger partial charge < -0.3 is 11.1 Å². The van der Waals surface area contributed by atoms with Crippen LogP contribution in [0.1, 0.15) is 55.0 Å². The van der Waals surface area contributed by atoms with Crippen LogP contribution in [0.2, 0.25) is 0 Å². The summed E-state index contributed by atoms with van der Waals surface area (Å²) in [5.74, 6) is 1.27. The molecule has 1 heterocycles. The lowest BCUT2D eigenvalue weighted by atomic mass is 9.65. The molecule has 2 fully saturated rings. The number of carbonyl (C=O) groups is 1. The molecule has 164 valence electrons. The molecule has 1 amide bonds. The molecular formula is C24H33Cl2N3O. The van der Waals surface area contributed by atoms with Gasteiger partial charge in [-0.15, -0.1) is 24.8 Å². The van der Waals surface area contributed by atoms with Crippen LogP contribution in [-0.2, 0) is 11.2 Å². The number of rotatable bonds is 5. The van der Waals surface area contributed by atoms with Crippen molar-refractivity contribution in [2.24, 2.45) is 23.5 Å². The Hall–Kier alpha value is -1.62. The third-order valence-electron chi connectivity index (χ3n) is 6.71. The first-order chi connectivity index (χ1) is 13.6. The van der Waals surface area contributed by atoms with Gasteiger partial charge in [-0.25, -0.2) is 0 Å². The van der Waals surface area contributed by atoms with E-state index in [-0.39, 0.29) is 48.7 Å². The predicted molar refractivity (Wildman–Crippen MR) is 126 cm³/mol. The highest BCUT2D eigenvalue weighted by Gasteiger charge is 2.40. The SMILES string of the molecule is Cc1ccc(CC(NC(=O)C2CC3CCCC(C2)C3N)c2ccccn2)cc1.Cl.Cl. The Bertz CT molecular complexity index is 786. The van der Waals surface area contributed by atoms with Crippen LogP contribution in [0.15, 0.2) is 48.7 Å². The van der Waals surface area contributed by atoms with Crippen molar-refractivity contribution >= 4 is 30.7 Å². The number of nitrogens with zero attached hydrogens (tertiary/aromatic N) is 1. The largest absolute Gasteiger partial charge is 0.347 e. The number of nitrogens with one attached hydrogen (secondary N) is 1. The number of aryl methyl sites for hydroxylation is 1. The molecule has 1 aromatic carbocycles. The summed E-state index contributed by atoms with van der Waals surface area (Å²) in [5, 5.41) is 3.33. The van der Waals surface area contributed by atoms with Gasteiger partial charge in [0, 0.05) is 18.2 Å². The van der Waals surface area contributed by atoms with E-state index in [1.54, 1.807) is 6.20 Å². The monoisotopic (exact) mass is 449 g/mol. The van der Waals surface area contributed by atoms with E-state index < -0.39 is 0 Å². The summed E-state index contributed by atoms with van der Waals surface area (Å²) in [6.45, 7) is 2.09. The van der Waals surface area contributed by atoms with E-state index in [0.29, 0.717) is 11.8 Å². The van der Waals surface area contributed by atoms with Crippen molar-refractivity contribution in [3.05, 3.63) is 65.5 Å². The highest BCUT2D eigenvalue weighted by molar-refractivity contribution is 5.85. The summed E-state index contributed by atoms with van der Waals surface area (Å²) in [7, 11) is 0. The molecule has 6 heteroatoms. The Morgan fingerprint density at radius 1 is 1.10 bits per heavy atom. The number of hydrogen-bond acceptors (Lipinski definition) is 3. The second-order valence-electron chi connectivity index (χ2n) is 8.70. The van der Waals surface area contributed by atoms with Gasteiger partial charge in [-0.3, -0.25) is 9.78 Å². The van der Waals surface area contributed by atoms with Gasteiger partial charge in [0.15, 0.2) is 0 Å². The zero-order chi connectivity index (χ0) is 19.5.